The molecule has 0 N–H and O–H groups in total. The standard InChI is InChI=1S/C52H33NO2/c1-2-14-39-34(12-1)13-9-18-40(39)35-26-30-37(31-27-35)53(38-32-28-36(29-33-38)41-19-10-24-49-51(41)44-16-4-7-22-47(44)54-49)46-21-6-3-15-42(46)43-20-11-25-50-52(43)45-17-5-8-23-48(45)55-50/h1-33H. The summed E-state index contributed by atoms with van der Waals surface area (Å²) in [5, 5.41) is 6.97. The molecule has 0 spiro atoms. The molecule has 0 radical (unpaired) electrons. The minimum atomic E-state index is 0.879. The lowest BCUT2D eigenvalue weighted by atomic mass is 9.96. The first-order chi connectivity index (χ1) is 27.3. The molecule has 3 heteroatoms. The predicted octanol–water partition coefficient (Wildman–Crippen LogP) is 15.1. The summed E-state index contributed by atoms with van der Waals surface area (Å²) < 4.78 is 12.6. The summed E-state index contributed by atoms with van der Waals surface area (Å²) in [5.74, 6) is 0. The molecule has 11 rings (SSSR count). The van der Waals surface area contributed by atoms with Gasteiger partial charge in [0.25, 0.3) is 0 Å². The van der Waals surface area contributed by atoms with Crippen molar-refractivity contribution in [3.8, 4) is 33.4 Å². The second-order valence-corrected chi connectivity index (χ2v) is 14.0. The molecule has 258 valence electrons. The van der Waals surface area contributed by atoms with Crippen LogP contribution in [0.2, 0.25) is 0 Å². The second-order valence-electron chi connectivity index (χ2n) is 14.0. The van der Waals surface area contributed by atoms with Crippen LogP contribution in [0.4, 0.5) is 17.1 Å². The summed E-state index contributed by atoms with van der Waals surface area (Å²) in [6.07, 6.45) is 0. The molecule has 0 amide bonds. The lowest BCUT2D eigenvalue weighted by Crippen LogP contribution is -2.11. The van der Waals surface area contributed by atoms with Gasteiger partial charge >= 0.3 is 0 Å². The number of para-hydroxylation sites is 3. The highest BCUT2D eigenvalue weighted by molar-refractivity contribution is 6.14. The lowest BCUT2D eigenvalue weighted by molar-refractivity contribution is 0.668. The molecule has 2 aromatic heterocycles. The normalized spacial score (nSPS) is 11.6. The van der Waals surface area contributed by atoms with Crippen LogP contribution in [0.15, 0.2) is 209 Å². The molecule has 0 atom stereocenters. The van der Waals surface area contributed by atoms with Gasteiger partial charge in [0, 0.05) is 38.5 Å². The number of hydrogen-bond acceptors (Lipinski definition) is 3. The van der Waals surface area contributed by atoms with Gasteiger partial charge in [-0.3, -0.25) is 0 Å². The molecular weight excluding hydrogens is 671 g/mol. The molecule has 55 heavy (non-hydrogen) atoms. The summed E-state index contributed by atoms with van der Waals surface area (Å²) in [7, 11) is 0. The maximum absolute atomic E-state index is 6.36. The van der Waals surface area contributed by atoms with E-state index >= 15 is 0 Å². The fourth-order valence-corrected chi connectivity index (χ4v) is 8.40. The molecule has 0 bridgehead atoms. The van der Waals surface area contributed by atoms with Gasteiger partial charge in [-0.2, -0.15) is 0 Å². The van der Waals surface area contributed by atoms with Crippen LogP contribution in [0, 0.1) is 0 Å². The SMILES string of the molecule is c1ccc(N(c2ccc(-c3cccc4ccccc34)cc2)c2ccc(-c3cccc4oc5ccccc5c34)cc2)c(-c2cccc3oc4ccccc4c23)c1. The summed E-state index contributed by atoms with van der Waals surface area (Å²) in [6, 6.07) is 71.0. The van der Waals surface area contributed by atoms with Crippen molar-refractivity contribution >= 4 is 71.7 Å². The van der Waals surface area contributed by atoms with E-state index in [1.165, 1.54) is 21.9 Å². The van der Waals surface area contributed by atoms with Gasteiger partial charge in [0.1, 0.15) is 22.3 Å². The highest BCUT2D eigenvalue weighted by atomic mass is 16.3. The van der Waals surface area contributed by atoms with Gasteiger partial charge in [-0.1, -0.05) is 146 Å². The molecule has 11 aromatic rings. The van der Waals surface area contributed by atoms with Crippen molar-refractivity contribution < 1.29 is 8.83 Å². The van der Waals surface area contributed by atoms with Crippen molar-refractivity contribution in [3.05, 3.63) is 200 Å². The first-order valence-electron chi connectivity index (χ1n) is 18.7. The van der Waals surface area contributed by atoms with Crippen LogP contribution in [0.25, 0.3) is 88.0 Å². The summed E-state index contributed by atoms with van der Waals surface area (Å²) in [5.41, 5.74) is 13.7. The largest absolute Gasteiger partial charge is 0.456 e. The quantitative estimate of drug-likeness (QED) is 0.173. The van der Waals surface area contributed by atoms with Crippen LogP contribution in [0.3, 0.4) is 0 Å². The minimum Gasteiger partial charge on any atom is -0.456 e. The van der Waals surface area contributed by atoms with Crippen LogP contribution in [-0.4, -0.2) is 0 Å². The highest BCUT2D eigenvalue weighted by Crippen LogP contribution is 2.46. The van der Waals surface area contributed by atoms with Crippen molar-refractivity contribution in [3.63, 3.8) is 0 Å². The third kappa shape index (κ3) is 5.13. The Balaban J connectivity index is 1.09. The maximum atomic E-state index is 6.36. The van der Waals surface area contributed by atoms with E-state index in [4.69, 9.17) is 8.83 Å². The summed E-state index contributed by atoms with van der Waals surface area (Å²) >= 11 is 0. The molecule has 0 unspecified atom stereocenters. The molecular formula is C52H33NO2. The Morgan fingerprint density at radius 1 is 0.291 bits per heavy atom. The van der Waals surface area contributed by atoms with Gasteiger partial charge in [-0.05, 0) is 93.2 Å². The van der Waals surface area contributed by atoms with Crippen LogP contribution < -0.4 is 4.90 Å². The molecule has 0 aliphatic rings. The summed E-state index contributed by atoms with van der Waals surface area (Å²) in [4.78, 5) is 2.38. The molecule has 0 saturated heterocycles. The van der Waals surface area contributed by atoms with Crippen LogP contribution >= 0.6 is 0 Å². The molecule has 0 aliphatic carbocycles. The molecule has 0 aliphatic heterocycles. The average molecular weight is 704 g/mol. The number of anilines is 3. The Bertz CT molecular complexity index is 3200. The number of benzene rings is 9. The van der Waals surface area contributed by atoms with Gasteiger partial charge in [0.2, 0.25) is 0 Å². The Labute approximate surface area is 317 Å². The van der Waals surface area contributed by atoms with Gasteiger partial charge in [0.05, 0.1) is 5.69 Å². The van der Waals surface area contributed by atoms with E-state index in [0.717, 1.165) is 83.2 Å². The van der Waals surface area contributed by atoms with Gasteiger partial charge in [-0.25, -0.2) is 0 Å². The van der Waals surface area contributed by atoms with Crippen molar-refractivity contribution in [2.75, 3.05) is 4.90 Å². The number of fused-ring (bicyclic) bond motifs is 7. The van der Waals surface area contributed by atoms with Crippen molar-refractivity contribution in [2.45, 2.75) is 0 Å². The van der Waals surface area contributed by atoms with E-state index < -0.39 is 0 Å². The zero-order valence-electron chi connectivity index (χ0n) is 29.8. The van der Waals surface area contributed by atoms with Gasteiger partial charge in [0.15, 0.2) is 0 Å². The molecule has 3 nitrogen and oxygen atoms in total. The van der Waals surface area contributed by atoms with E-state index in [9.17, 15) is 0 Å². The molecule has 2 heterocycles. The average Bonchev–Trinajstić information content (AvgIpc) is 3.83. The number of nitrogens with zero attached hydrogens (tertiary/aromatic N) is 1. The van der Waals surface area contributed by atoms with Crippen LogP contribution in [0.1, 0.15) is 0 Å². The van der Waals surface area contributed by atoms with Crippen LogP contribution in [0.5, 0.6) is 0 Å². The Hall–Kier alpha value is -7.36. The maximum Gasteiger partial charge on any atom is 0.136 e. The van der Waals surface area contributed by atoms with E-state index in [1.54, 1.807) is 0 Å². The third-order valence-electron chi connectivity index (χ3n) is 10.9. The number of hydrogen-bond donors (Lipinski definition) is 0. The summed E-state index contributed by atoms with van der Waals surface area (Å²) in [6.45, 7) is 0. The van der Waals surface area contributed by atoms with E-state index in [1.807, 2.05) is 24.3 Å². The van der Waals surface area contributed by atoms with E-state index in [-0.39, 0.29) is 0 Å². The van der Waals surface area contributed by atoms with Crippen LogP contribution in [-0.2, 0) is 0 Å². The molecule has 0 fully saturated rings. The van der Waals surface area contributed by atoms with Crippen molar-refractivity contribution in [1.29, 1.82) is 0 Å². The van der Waals surface area contributed by atoms with Gasteiger partial charge < -0.3 is 13.7 Å². The topological polar surface area (TPSA) is 29.5 Å². The first-order valence-corrected chi connectivity index (χ1v) is 18.7. The zero-order valence-corrected chi connectivity index (χ0v) is 29.8. The Morgan fingerprint density at radius 3 is 1.40 bits per heavy atom. The predicted molar refractivity (Wildman–Crippen MR) is 229 cm³/mol. The highest BCUT2D eigenvalue weighted by Gasteiger charge is 2.21. The van der Waals surface area contributed by atoms with E-state index in [0.29, 0.717) is 0 Å². The number of furan rings is 2. The Morgan fingerprint density at radius 2 is 0.727 bits per heavy atom. The zero-order chi connectivity index (χ0) is 36.3. The van der Waals surface area contributed by atoms with Crippen molar-refractivity contribution in [1.82, 2.24) is 0 Å². The minimum absolute atomic E-state index is 0.879. The smallest absolute Gasteiger partial charge is 0.136 e. The molecule has 0 saturated carbocycles. The van der Waals surface area contributed by atoms with Crippen molar-refractivity contribution in [2.24, 2.45) is 0 Å². The monoisotopic (exact) mass is 703 g/mol. The first kappa shape index (κ1) is 31.2. The fraction of sp³-hybridized carbons (Fsp3) is 0. The third-order valence-corrected chi connectivity index (χ3v) is 10.9. The Kier molecular flexibility index (Phi) is 7.17. The van der Waals surface area contributed by atoms with Gasteiger partial charge in [-0.15, -0.1) is 0 Å². The lowest BCUT2D eigenvalue weighted by Gasteiger charge is -2.28. The molecule has 9 aromatic carbocycles. The fourth-order valence-electron chi connectivity index (χ4n) is 8.40. The van der Waals surface area contributed by atoms with E-state index in [2.05, 4.69) is 181 Å². The second kappa shape index (κ2) is 12.6. The number of rotatable bonds is 6.